The van der Waals surface area contributed by atoms with Gasteiger partial charge >= 0.3 is 0 Å². The van der Waals surface area contributed by atoms with E-state index in [4.69, 9.17) is 4.74 Å². The molecule has 31 heavy (non-hydrogen) atoms. The molecule has 0 aliphatic carbocycles. The van der Waals surface area contributed by atoms with Crippen LogP contribution in [0.25, 0.3) is 11.4 Å². The molecule has 172 valence electrons. The zero-order chi connectivity index (χ0) is 22.3. The first-order chi connectivity index (χ1) is 15.1. The Kier molecular flexibility index (Phi) is 12.1. The van der Waals surface area contributed by atoms with Crippen molar-refractivity contribution >= 4 is 0 Å². The number of aromatic nitrogens is 2. The predicted molar refractivity (Wildman–Crippen MR) is 124 cm³/mol. The van der Waals surface area contributed by atoms with Gasteiger partial charge in [0.05, 0.1) is 25.2 Å². The quantitative estimate of drug-likeness (QED) is 0.253. The van der Waals surface area contributed by atoms with Crippen LogP contribution in [0.15, 0.2) is 30.6 Å². The van der Waals surface area contributed by atoms with Crippen molar-refractivity contribution in [1.29, 1.82) is 0 Å². The molecule has 2 rings (SSSR count). The van der Waals surface area contributed by atoms with E-state index in [2.05, 4.69) is 16.9 Å². The summed E-state index contributed by atoms with van der Waals surface area (Å²) in [5.74, 6) is 0.867. The van der Waals surface area contributed by atoms with E-state index < -0.39 is 6.17 Å². The number of alkyl halides is 1. The molecule has 2 aromatic rings. The van der Waals surface area contributed by atoms with E-state index in [1.807, 2.05) is 6.07 Å². The van der Waals surface area contributed by atoms with Crippen LogP contribution in [0.5, 0.6) is 5.75 Å². The summed E-state index contributed by atoms with van der Waals surface area (Å²) in [6, 6.07) is 5.09. The molecule has 0 N–H and O–H groups in total. The van der Waals surface area contributed by atoms with Gasteiger partial charge in [0, 0.05) is 5.56 Å². The molecular weight excluding hydrogens is 394 g/mol. The first-order valence-electron chi connectivity index (χ1n) is 12.0. The van der Waals surface area contributed by atoms with E-state index in [-0.39, 0.29) is 5.82 Å². The standard InChI is InChI=1S/C26H38F2N2O/c1-3-4-5-6-7-8-9-12-17-31-24-19-29-26(30-20-24)23-16-15-22(25(28)18-23)14-11-10-13-21(2)27/h15-16,18-21H,3-14,17H2,1-2H3. The molecule has 0 radical (unpaired) electrons. The van der Waals surface area contributed by atoms with Gasteiger partial charge in [-0.1, -0.05) is 70.4 Å². The summed E-state index contributed by atoms with van der Waals surface area (Å²) in [5.41, 5.74) is 1.30. The fourth-order valence-electron chi connectivity index (χ4n) is 3.60. The maximum Gasteiger partial charge on any atom is 0.159 e. The summed E-state index contributed by atoms with van der Waals surface area (Å²) in [6.45, 7) is 4.47. The lowest BCUT2D eigenvalue weighted by Crippen LogP contribution is -1.99. The molecule has 0 bridgehead atoms. The Balaban J connectivity index is 1.71. The van der Waals surface area contributed by atoms with Crippen LogP contribution in [-0.4, -0.2) is 22.7 Å². The van der Waals surface area contributed by atoms with Crippen LogP contribution >= 0.6 is 0 Å². The van der Waals surface area contributed by atoms with Gasteiger partial charge in [-0.2, -0.15) is 0 Å². The second-order valence-corrected chi connectivity index (χ2v) is 8.40. The first-order valence-corrected chi connectivity index (χ1v) is 12.0. The zero-order valence-electron chi connectivity index (χ0n) is 19.2. The van der Waals surface area contributed by atoms with Crippen molar-refractivity contribution in [3.8, 4) is 17.1 Å². The molecule has 0 saturated heterocycles. The van der Waals surface area contributed by atoms with Crippen molar-refractivity contribution in [3.05, 3.63) is 42.0 Å². The van der Waals surface area contributed by atoms with E-state index in [0.29, 0.717) is 42.1 Å². The monoisotopic (exact) mass is 432 g/mol. The third-order valence-electron chi connectivity index (χ3n) is 5.50. The summed E-state index contributed by atoms with van der Waals surface area (Å²) < 4.78 is 33.0. The topological polar surface area (TPSA) is 35.0 Å². The maximum atomic E-state index is 14.4. The molecule has 5 heteroatoms. The molecule has 1 aromatic heterocycles. The minimum atomic E-state index is -0.795. The van der Waals surface area contributed by atoms with Crippen LogP contribution in [-0.2, 0) is 6.42 Å². The Bertz CT molecular complexity index is 735. The van der Waals surface area contributed by atoms with E-state index in [0.717, 1.165) is 19.3 Å². The highest BCUT2D eigenvalue weighted by molar-refractivity contribution is 5.55. The molecule has 1 unspecified atom stereocenters. The van der Waals surface area contributed by atoms with Crippen LogP contribution in [0, 0.1) is 5.82 Å². The van der Waals surface area contributed by atoms with Gasteiger partial charge in [0.25, 0.3) is 0 Å². The number of nitrogens with zero attached hydrogens (tertiary/aromatic N) is 2. The lowest BCUT2D eigenvalue weighted by Gasteiger charge is -2.08. The number of halogens is 2. The number of benzene rings is 1. The van der Waals surface area contributed by atoms with Crippen molar-refractivity contribution in [2.45, 2.75) is 97.1 Å². The number of rotatable bonds is 16. The average Bonchev–Trinajstić information content (AvgIpc) is 2.76. The Morgan fingerprint density at radius 1 is 0.903 bits per heavy atom. The van der Waals surface area contributed by atoms with Crippen LogP contribution in [0.3, 0.4) is 0 Å². The van der Waals surface area contributed by atoms with Gasteiger partial charge in [0.2, 0.25) is 0 Å². The molecule has 0 aliphatic heterocycles. The summed E-state index contributed by atoms with van der Waals surface area (Å²) in [7, 11) is 0. The number of ether oxygens (including phenoxy) is 1. The predicted octanol–water partition coefficient (Wildman–Crippen LogP) is 7.87. The Hall–Kier alpha value is -2.04. The van der Waals surface area contributed by atoms with Crippen LogP contribution in [0.2, 0.25) is 0 Å². The fraction of sp³-hybridized carbons (Fsp3) is 0.615. The fourth-order valence-corrected chi connectivity index (χ4v) is 3.60. The molecule has 1 aromatic carbocycles. The van der Waals surface area contributed by atoms with E-state index in [1.54, 1.807) is 25.4 Å². The lowest BCUT2D eigenvalue weighted by atomic mass is 10.0. The van der Waals surface area contributed by atoms with E-state index in [9.17, 15) is 8.78 Å². The maximum absolute atomic E-state index is 14.4. The first kappa shape index (κ1) is 25.2. The highest BCUT2D eigenvalue weighted by Gasteiger charge is 2.08. The highest BCUT2D eigenvalue weighted by Crippen LogP contribution is 2.21. The van der Waals surface area contributed by atoms with Gasteiger partial charge in [-0.05, 0) is 44.2 Å². The molecule has 3 nitrogen and oxygen atoms in total. The lowest BCUT2D eigenvalue weighted by molar-refractivity contribution is 0.302. The van der Waals surface area contributed by atoms with Crippen molar-refractivity contribution < 1.29 is 13.5 Å². The van der Waals surface area contributed by atoms with Crippen molar-refractivity contribution in [2.75, 3.05) is 6.61 Å². The third-order valence-corrected chi connectivity index (χ3v) is 5.50. The number of hydrogen-bond donors (Lipinski definition) is 0. The van der Waals surface area contributed by atoms with E-state index >= 15 is 0 Å². The SMILES string of the molecule is CCCCCCCCCCOc1cnc(-c2ccc(CCCCC(C)F)c(F)c2)nc1. The van der Waals surface area contributed by atoms with Gasteiger partial charge in [0.1, 0.15) is 5.82 Å². The average molecular weight is 433 g/mol. The number of unbranched alkanes of at least 4 members (excludes halogenated alkanes) is 8. The minimum Gasteiger partial charge on any atom is -0.490 e. The third kappa shape index (κ3) is 10.2. The summed E-state index contributed by atoms with van der Waals surface area (Å²) in [4.78, 5) is 8.65. The molecule has 0 fully saturated rings. The van der Waals surface area contributed by atoms with Gasteiger partial charge in [-0.25, -0.2) is 18.7 Å². The Morgan fingerprint density at radius 3 is 2.23 bits per heavy atom. The number of aryl methyl sites for hydroxylation is 1. The van der Waals surface area contributed by atoms with Gasteiger partial charge in [-0.15, -0.1) is 0 Å². The van der Waals surface area contributed by atoms with E-state index in [1.165, 1.54) is 51.0 Å². The summed E-state index contributed by atoms with van der Waals surface area (Å²) in [6.07, 6.45) is 15.3. The largest absolute Gasteiger partial charge is 0.490 e. The molecule has 0 spiro atoms. The van der Waals surface area contributed by atoms with Gasteiger partial charge in [0.15, 0.2) is 11.6 Å². The highest BCUT2D eigenvalue weighted by atomic mass is 19.1. The van der Waals surface area contributed by atoms with Crippen molar-refractivity contribution in [2.24, 2.45) is 0 Å². The summed E-state index contributed by atoms with van der Waals surface area (Å²) in [5, 5.41) is 0. The molecule has 0 aliphatic rings. The van der Waals surface area contributed by atoms with Crippen LogP contribution < -0.4 is 4.74 Å². The smallest absolute Gasteiger partial charge is 0.159 e. The van der Waals surface area contributed by atoms with Crippen molar-refractivity contribution in [1.82, 2.24) is 9.97 Å². The van der Waals surface area contributed by atoms with Gasteiger partial charge < -0.3 is 4.74 Å². The van der Waals surface area contributed by atoms with Crippen LogP contribution in [0.4, 0.5) is 8.78 Å². The zero-order valence-corrected chi connectivity index (χ0v) is 19.2. The molecule has 0 saturated carbocycles. The molecule has 1 heterocycles. The second-order valence-electron chi connectivity index (χ2n) is 8.40. The normalized spacial score (nSPS) is 12.1. The molecule has 1 atom stereocenters. The number of hydrogen-bond acceptors (Lipinski definition) is 3. The van der Waals surface area contributed by atoms with Crippen LogP contribution in [0.1, 0.15) is 90.0 Å². The van der Waals surface area contributed by atoms with Gasteiger partial charge in [-0.3, -0.25) is 0 Å². The Morgan fingerprint density at radius 2 is 1.58 bits per heavy atom. The Labute approximate surface area is 186 Å². The summed E-state index contributed by atoms with van der Waals surface area (Å²) >= 11 is 0. The molecule has 0 amide bonds. The minimum absolute atomic E-state index is 0.260. The van der Waals surface area contributed by atoms with Crippen molar-refractivity contribution in [3.63, 3.8) is 0 Å². The molecular formula is C26H38F2N2O. The second kappa shape index (κ2) is 14.9.